The minimum Gasteiger partial charge on any atom is -0.480 e. The van der Waals surface area contributed by atoms with E-state index in [1.165, 1.54) is 0 Å². The molecular weight excluding hydrogens is 320 g/mol. The number of amides is 2. The minimum atomic E-state index is -1.00. The molecule has 1 heterocycles. The van der Waals surface area contributed by atoms with Crippen molar-refractivity contribution in [3.05, 3.63) is 29.8 Å². The van der Waals surface area contributed by atoms with Crippen molar-refractivity contribution in [1.82, 2.24) is 5.32 Å². The van der Waals surface area contributed by atoms with E-state index in [2.05, 4.69) is 5.32 Å². The standard InChI is InChI=1S/C19H24N2O4/c1-2-13-5-3-4-6-16(13)21-11-14(10-17(21)22)18(23)20-15(19(24)25)9-12-7-8-12/h3-6,12,14-15H,2,7-11H2,1H3,(H,20,23)(H,24,25). The van der Waals surface area contributed by atoms with Crippen molar-refractivity contribution in [3.8, 4) is 0 Å². The van der Waals surface area contributed by atoms with Crippen LogP contribution >= 0.6 is 0 Å². The van der Waals surface area contributed by atoms with Crippen LogP contribution in [0.1, 0.15) is 38.2 Å². The molecular formula is C19H24N2O4. The van der Waals surface area contributed by atoms with Gasteiger partial charge in [0, 0.05) is 18.7 Å². The zero-order chi connectivity index (χ0) is 18.0. The smallest absolute Gasteiger partial charge is 0.326 e. The molecule has 6 nitrogen and oxygen atoms in total. The van der Waals surface area contributed by atoms with Crippen LogP contribution in [-0.2, 0) is 20.8 Å². The van der Waals surface area contributed by atoms with Crippen LogP contribution in [-0.4, -0.2) is 35.5 Å². The Morgan fingerprint density at radius 3 is 2.68 bits per heavy atom. The van der Waals surface area contributed by atoms with Gasteiger partial charge in [0.1, 0.15) is 6.04 Å². The Bertz CT molecular complexity index is 684. The van der Waals surface area contributed by atoms with Crippen molar-refractivity contribution in [2.45, 2.75) is 45.1 Å². The maximum absolute atomic E-state index is 12.5. The van der Waals surface area contributed by atoms with Gasteiger partial charge in [-0.15, -0.1) is 0 Å². The number of aliphatic carboxylic acids is 1. The van der Waals surface area contributed by atoms with Gasteiger partial charge in [-0.05, 0) is 30.4 Å². The van der Waals surface area contributed by atoms with Gasteiger partial charge < -0.3 is 15.3 Å². The third-order valence-corrected chi connectivity index (χ3v) is 5.04. The Morgan fingerprint density at radius 2 is 2.04 bits per heavy atom. The molecule has 2 unspecified atom stereocenters. The minimum absolute atomic E-state index is 0.0879. The summed E-state index contributed by atoms with van der Waals surface area (Å²) in [6.07, 6.45) is 3.47. The van der Waals surface area contributed by atoms with Crippen LogP contribution in [0.15, 0.2) is 24.3 Å². The Balaban J connectivity index is 1.66. The summed E-state index contributed by atoms with van der Waals surface area (Å²) in [6.45, 7) is 2.33. The van der Waals surface area contributed by atoms with Crippen molar-refractivity contribution in [1.29, 1.82) is 0 Å². The average molecular weight is 344 g/mol. The van der Waals surface area contributed by atoms with Gasteiger partial charge in [-0.1, -0.05) is 38.0 Å². The number of benzene rings is 1. The summed E-state index contributed by atoms with van der Waals surface area (Å²) in [5.41, 5.74) is 1.91. The highest BCUT2D eigenvalue weighted by Crippen LogP contribution is 2.34. The van der Waals surface area contributed by atoms with Gasteiger partial charge >= 0.3 is 5.97 Å². The van der Waals surface area contributed by atoms with Crippen LogP contribution in [0.2, 0.25) is 0 Å². The molecule has 2 N–H and O–H groups in total. The second-order valence-electron chi connectivity index (χ2n) is 6.97. The maximum atomic E-state index is 12.5. The molecule has 2 atom stereocenters. The first-order valence-electron chi connectivity index (χ1n) is 8.91. The number of carbonyl (C=O) groups is 3. The van der Waals surface area contributed by atoms with Gasteiger partial charge in [-0.25, -0.2) is 4.79 Å². The average Bonchev–Trinajstić information content (AvgIpc) is 3.33. The van der Waals surface area contributed by atoms with Crippen LogP contribution in [0, 0.1) is 11.8 Å². The van der Waals surface area contributed by atoms with E-state index < -0.39 is 17.9 Å². The molecule has 1 aliphatic heterocycles. The summed E-state index contributed by atoms with van der Waals surface area (Å²) in [4.78, 5) is 37.9. The molecule has 1 aliphatic carbocycles. The van der Waals surface area contributed by atoms with Crippen molar-refractivity contribution in [2.24, 2.45) is 11.8 Å². The molecule has 2 amide bonds. The van der Waals surface area contributed by atoms with Crippen LogP contribution in [0.5, 0.6) is 0 Å². The number of nitrogens with zero attached hydrogens (tertiary/aromatic N) is 1. The summed E-state index contributed by atoms with van der Waals surface area (Å²) in [6, 6.07) is 6.83. The maximum Gasteiger partial charge on any atom is 0.326 e. The summed E-state index contributed by atoms with van der Waals surface area (Å²) >= 11 is 0. The molecule has 2 fully saturated rings. The number of carbonyl (C=O) groups excluding carboxylic acids is 2. The molecule has 0 spiro atoms. The molecule has 2 aliphatic rings. The van der Waals surface area contributed by atoms with Crippen molar-refractivity contribution in [3.63, 3.8) is 0 Å². The third-order valence-electron chi connectivity index (χ3n) is 5.04. The Labute approximate surface area is 147 Å². The molecule has 6 heteroatoms. The van der Waals surface area contributed by atoms with Crippen molar-refractivity contribution < 1.29 is 19.5 Å². The van der Waals surface area contributed by atoms with Crippen LogP contribution in [0.3, 0.4) is 0 Å². The molecule has 0 radical (unpaired) electrons. The summed E-state index contributed by atoms with van der Waals surface area (Å²) in [7, 11) is 0. The number of anilines is 1. The monoisotopic (exact) mass is 344 g/mol. The molecule has 1 aromatic rings. The van der Waals surface area contributed by atoms with E-state index in [1.54, 1.807) is 4.90 Å². The number of para-hydroxylation sites is 1. The molecule has 0 bridgehead atoms. The zero-order valence-electron chi connectivity index (χ0n) is 14.4. The van der Waals surface area contributed by atoms with E-state index in [-0.39, 0.29) is 18.2 Å². The lowest BCUT2D eigenvalue weighted by atomic mass is 10.1. The lowest BCUT2D eigenvalue weighted by Gasteiger charge is -2.20. The van der Waals surface area contributed by atoms with E-state index in [9.17, 15) is 19.5 Å². The number of aryl methyl sites for hydroxylation is 1. The van der Waals surface area contributed by atoms with E-state index in [0.717, 1.165) is 30.5 Å². The van der Waals surface area contributed by atoms with E-state index in [1.807, 2.05) is 31.2 Å². The van der Waals surface area contributed by atoms with E-state index >= 15 is 0 Å². The third kappa shape index (κ3) is 4.00. The fourth-order valence-corrected chi connectivity index (χ4v) is 3.39. The number of rotatable bonds is 7. The van der Waals surface area contributed by atoms with Crippen molar-refractivity contribution in [2.75, 3.05) is 11.4 Å². The fraction of sp³-hybridized carbons (Fsp3) is 0.526. The SMILES string of the molecule is CCc1ccccc1N1CC(C(=O)NC(CC2CC2)C(=O)O)CC1=O. The summed E-state index contributed by atoms with van der Waals surface area (Å²) < 4.78 is 0. The number of carboxylic acid groups (broad SMARTS) is 1. The quantitative estimate of drug-likeness (QED) is 0.792. The van der Waals surface area contributed by atoms with Gasteiger partial charge in [0.15, 0.2) is 0 Å². The predicted octanol–water partition coefficient (Wildman–Crippen LogP) is 1.97. The Kier molecular flexibility index (Phi) is 5.06. The number of nitrogens with one attached hydrogen (secondary N) is 1. The van der Waals surface area contributed by atoms with Gasteiger partial charge in [-0.3, -0.25) is 9.59 Å². The lowest BCUT2D eigenvalue weighted by Crippen LogP contribution is -2.44. The van der Waals surface area contributed by atoms with E-state index in [4.69, 9.17) is 0 Å². The van der Waals surface area contributed by atoms with Crippen LogP contribution in [0.25, 0.3) is 0 Å². The predicted molar refractivity (Wildman–Crippen MR) is 93.2 cm³/mol. The van der Waals surface area contributed by atoms with Gasteiger partial charge in [0.2, 0.25) is 11.8 Å². The highest BCUT2D eigenvalue weighted by molar-refractivity contribution is 6.01. The van der Waals surface area contributed by atoms with Crippen LogP contribution < -0.4 is 10.2 Å². The molecule has 1 saturated heterocycles. The lowest BCUT2D eigenvalue weighted by molar-refractivity contribution is -0.142. The largest absolute Gasteiger partial charge is 0.480 e. The number of carboxylic acids is 1. The second kappa shape index (κ2) is 7.25. The first-order valence-corrected chi connectivity index (χ1v) is 8.91. The first-order chi connectivity index (χ1) is 12.0. The van der Waals surface area contributed by atoms with Gasteiger partial charge in [-0.2, -0.15) is 0 Å². The summed E-state index contributed by atoms with van der Waals surface area (Å²) in [5.74, 6) is -1.52. The van der Waals surface area contributed by atoms with E-state index in [0.29, 0.717) is 18.9 Å². The topological polar surface area (TPSA) is 86.7 Å². The first kappa shape index (κ1) is 17.5. The zero-order valence-corrected chi connectivity index (χ0v) is 14.4. The number of hydrogen-bond donors (Lipinski definition) is 2. The van der Waals surface area contributed by atoms with Gasteiger partial charge in [0.05, 0.1) is 5.92 Å². The summed E-state index contributed by atoms with van der Waals surface area (Å²) in [5, 5.41) is 11.9. The fourth-order valence-electron chi connectivity index (χ4n) is 3.39. The highest BCUT2D eigenvalue weighted by Gasteiger charge is 2.38. The highest BCUT2D eigenvalue weighted by atomic mass is 16.4. The molecule has 134 valence electrons. The molecule has 3 rings (SSSR count). The van der Waals surface area contributed by atoms with Crippen molar-refractivity contribution >= 4 is 23.5 Å². The molecule has 0 aromatic heterocycles. The van der Waals surface area contributed by atoms with Gasteiger partial charge in [0.25, 0.3) is 0 Å². The molecule has 1 saturated carbocycles. The molecule has 1 aromatic carbocycles. The Morgan fingerprint density at radius 1 is 1.32 bits per heavy atom. The Hall–Kier alpha value is -2.37. The van der Waals surface area contributed by atoms with Crippen LogP contribution in [0.4, 0.5) is 5.69 Å². The number of hydrogen-bond acceptors (Lipinski definition) is 3. The second-order valence-corrected chi connectivity index (χ2v) is 6.97. The normalized spacial score (nSPS) is 21.2. The molecule has 25 heavy (non-hydrogen) atoms.